The Morgan fingerprint density at radius 3 is 2.15 bits per heavy atom. The van der Waals surface area contributed by atoms with E-state index in [0.29, 0.717) is 24.2 Å². The molecule has 1 amide bonds. The van der Waals surface area contributed by atoms with Crippen molar-refractivity contribution in [3.8, 4) is 46.5 Å². The van der Waals surface area contributed by atoms with Gasteiger partial charge >= 0.3 is 12.1 Å². The number of aryl methyl sites for hydroxylation is 1. The van der Waals surface area contributed by atoms with Crippen molar-refractivity contribution in [2.45, 2.75) is 84.7 Å². The molecule has 0 spiro atoms. The average molecular weight is 811 g/mol. The highest BCUT2D eigenvalue weighted by Gasteiger charge is 2.31. The second-order valence-electron chi connectivity index (χ2n) is 15.5. The standard InChI is InChI=1S/C44H48F2N6O7/c1-43(2,3)58-41(53)31(18-13-14-22-49-42(54)59-44(4,5)6)50-37-35(45)39(56-32-19-12-11-17-30(32)38-48-23-24-52(38)7)51-40(36(37)46)57-34-25-29(26-47)20-21-33(34)55-27-28-15-9-8-10-16-28/h8-12,15-17,19-21,23-25,31H,13-14,18,22,27H2,1-7H3,(H,49,54)(H,50,51). The van der Waals surface area contributed by atoms with Crippen LogP contribution in [0.5, 0.6) is 29.0 Å². The van der Waals surface area contributed by atoms with Crippen LogP contribution < -0.4 is 24.8 Å². The van der Waals surface area contributed by atoms with E-state index in [1.807, 2.05) is 36.4 Å². The SMILES string of the molecule is Cn1ccnc1-c1ccccc1Oc1nc(Oc2cc(C#N)ccc2OCc2ccccc2)c(F)c(NC(CCCCNC(=O)OC(C)(C)C)C(=O)OC(C)(C)C)c1F. The zero-order chi connectivity index (χ0) is 42.7. The number of hydrogen-bond donors (Lipinski definition) is 2. The third kappa shape index (κ3) is 12.4. The minimum absolute atomic E-state index is 0.0438. The second-order valence-corrected chi connectivity index (χ2v) is 15.5. The molecule has 1 unspecified atom stereocenters. The smallest absolute Gasteiger partial charge is 0.407 e. The van der Waals surface area contributed by atoms with Gasteiger partial charge in [0.2, 0.25) is 11.6 Å². The second kappa shape index (κ2) is 19.2. The third-order valence-corrected chi connectivity index (χ3v) is 8.29. The van der Waals surface area contributed by atoms with Gasteiger partial charge in [-0.1, -0.05) is 42.5 Å². The number of amides is 1. The lowest BCUT2D eigenvalue weighted by molar-refractivity contribution is -0.156. The topological polar surface area (TPSA) is 159 Å². The van der Waals surface area contributed by atoms with Crippen LogP contribution in [0.15, 0.2) is 85.2 Å². The lowest BCUT2D eigenvalue weighted by atomic mass is 10.1. The van der Waals surface area contributed by atoms with E-state index in [2.05, 4.69) is 20.6 Å². The number of carbonyl (C=O) groups excluding carboxylic acids is 2. The average Bonchev–Trinajstić information content (AvgIpc) is 3.61. The van der Waals surface area contributed by atoms with E-state index in [4.69, 9.17) is 23.7 Å². The number of benzene rings is 3. The van der Waals surface area contributed by atoms with E-state index in [9.17, 15) is 14.9 Å². The predicted octanol–water partition coefficient (Wildman–Crippen LogP) is 9.61. The van der Waals surface area contributed by atoms with E-state index in [-0.39, 0.29) is 42.4 Å². The number of pyridine rings is 1. The number of unbranched alkanes of at least 4 members (excludes halogenated alkanes) is 1. The van der Waals surface area contributed by atoms with Crippen molar-refractivity contribution in [2.24, 2.45) is 7.05 Å². The Kier molecular flexibility index (Phi) is 14.1. The molecule has 0 aliphatic carbocycles. The maximum absolute atomic E-state index is 16.8. The van der Waals surface area contributed by atoms with E-state index in [0.717, 1.165) is 5.56 Å². The number of esters is 1. The monoisotopic (exact) mass is 810 g/mol. The number of rotatable bonds is 16. The highest BCUT2D eigenvalue weighted by atomic mass is 19.1. The third-order valence-electron chi connectivity index (χ3n) is 8.29. The summed E-state index contributed by atoms with van der Waals surface area (Å²) in [4.78, 5) is 34.3. The number of hydrogen-bond acceptors (Lipinski definition) is 11. The Bertz CT molecular complexity index is 2280. The zero-order valence-electron chi connectivity index (χ0n) is 34.1. The zero-order valence-corrected chi connectivity index (χ0v) is 34.1. The normalized spacial score (nSPS) is 11.9. The minimum Gasteiger partial charge on any atom is -0.485 e. The van der Waals surface area contributed by atoms with Crippen molar-refractivity contribution in [3.63, 3.8) is 0 Å². The van der Waals surface area contributed by atoms with Gasteiger partial charge < -0.3 is 38.9 Å². The van der Waals surface area contributed by atoms with Crippen LogP contribution in [0.3, 0.4) is 0 Å². The fraction of sp³-hybridized carbons (Fsp3) is 0.341. The van der Waals surface area contributed by atoms with Gasteiger partial charge in [-0.05, 0) is 90.6 Å². The Labute approximate surface area is 342 Å². The summed E-state index contributed by atoms with van der Waals surface area (Å²) in [6.45, 7) is 10.6. The number of para-hydroxylation sites is 1. The Balaban J connectivity index is 1.53. The summed E-state index contributed by atoms with van der Waals surface area (Å²) in [7, 11) is 1.78. The van der Waals surface area contributed by atoms with E-state index >= 15 is 8.78 Å². The first-order valence-electron chi connectivity index (χ1n) is 19.0. The first-order valence-corrected chi connectivity index (χ1v) is 19.0. The number of imidazole rings is 1. The predicted molar refractivity (Wildman–Crippen MR) is 216 cm³/mol. The molecule has 0 aliphatic heterocycles. The summed E-state index contributed by atoms with van der Waals surface area (Å²) in [6.07, 6.45) is 3.49. The van der Waals surface area contributed by atoms with E-state index in [1.54, 1.807) is 89.8 Å². The molecule has 13 nitrogen and oxygen atoms in total. The molecular formula is C44H48F2N6O7. The quantitative estimate of drug-likeness (QED) is 0.0722. The number of carbonyl (C=O) groups is 2. The summed E-state index contributed by atoms with van der Waals surface area (Å²) in [5.41, 5.74) is -0.937. The van der Waals surface area contributed by atoms with Crippen LogP contribution in [0.2, 0.25) is 0 Å². The molecular weight excluding hydrogens is 763 g/mol. The molecule has 2 heterocycles. The van der Waals surface area contributed by atoms with Crippen LogP contribution >= 0.6 is 0 Å². The van der Waals surface area contributed by atoms with Crippen LogP contribution in [-0.4, -0.2) is 50.4 Å². The van der Waals surface area contributed by atoms with Crippen LogP contribution in [0.25, 0.3) is 11.4 Å². The number of nitriles is 1. The molecule has 0 bridgehead atoms. The molecule has 310 valence electrons. The maximum atomic E-state index is 16.8. The lowest BCUT2D eigenvalue weighted by Gasteiger charge is -2.26. The number of anilines is 1. The fourth-order valence-electron chi connectivity index (χ4n) is 5.62. The number of nitrogens with one attached hydrogen (secondary N) is 2. The fourth-order valence-corrected chi connectivity index (χ4v) is 5.62. The Morgan fingerprint density at radius 1 is 0.847 bits per heavy atom. The molecule has 0 fully saturated rings. The highest BCUT2D eigenvalue weighted by molar-refractivity contribution is 5.80. The van der Waals surface area contributed by atoms with Gasteiger partial charge in [-0.25, -0.2) is 14.6 Å². The first kappa shape index (κ1) is 43.4. The minimum atomic E-state index is -1.30. The number of aromatic nitrogens is 3. The first-order chi connectivity index (χ1) is 28.0. The van der Waals surface area contributed by atoms with Crippen LogP contribution in [0, 0.1) is 23.0 Å². The largest absolute Gasteiger partial charge is 0.485 e. The summed E-state index contributed by atoms with van der Waals surface area (Å²) in [5.74, 6) is -4.11. The molecule has 15 heteroatoms. The van der Waals surface area contributed by atoms with Crippen LogP contribution in [0.4, 0.5) is 19.3 Å². The number of nitrogens with zero attached hydrogens (tertiary/aromatic N) is 4. The summed E-state index contributed by atoms with van der Waals surface area (Å²) in [6, 6.07) is 21.1. The number of halogens is 2. The summed E-state index contributed by atoms with van der Waals surface area (Å²) < 4.78 is 64.4. The molecule has 0 saturated carbocycles. The van der Waals surface area contributed by atoms with E-state index < -0.39 is 58.4 Å². The van der Waals surface area contributed by atoms with Crippen molar-refractivity contribution < 1.29 is 42.1 Å². The van der Waals surface area contributed by atoms with Crippen molar-refractivity contribution in [3.05, 3.63) is 108 Å². The van der Waals surface area contributed by atoms with Crippen molar-refractivity contribution in [2.75, 3.05) is 11.9 Å². The van der Waals surface area contributed by atoms with Gasteiger partial charge in [-0.15, -0.1) is 0 Å². The van der Waals surface area contributed by atoms with Gasteiger partial charge in [0.25, 0.3) is 11.8 Å². The molecule has 0 radical (unpaired) electrons. The molecule has 3 aromatic carbocycles. The Morgan fingerprint density at radius 2 is 1.51 bits per heavy atom. The van der Waals surface area contributed by atoms with Gasteiger partial charge in [0.05, 0.1) is 17.2 Å². The van der Waals surface area contributed by atoms with Crippen LogP contribution in [0.1, 0.15) is 71.9 Å². The molecule has 2 N–H and O–H groups in total. The Hall–Kier alpha value is -6.69. The van der Waals surface area contributed by atoms with Gasteiger partial charge in [-0.2, -0.15) is 19.0 Å². The van der Waals surface area contributed by atoms with E-state index in [1.165, 1.54) is 18.2 Å². The molecule has 5 aromatic rings. The maximum Gasteiger partial charge on any atom is 0.407 e. The van der Waals surface area contributed by atoms with Gasteiger partial charge in [0.1, 0.15) is 41.1 Å². The highest BCUT2D eigenvalue weighted by Crippen LogP contribution is 2.41. The molecule has 0 saturated heterocycles. The van der Waals surface area contributed by atoms with Gasteiger partial charge in [0.15, 0.2) is 11.5 Å². The van der Waals surface area contributed by atoms with Crippen molar-refractivity contribution in [1.82, 2.24) is 19.9 Å². The number of ether oxygens (including phenoxy) is 5. The number of alkyl carbamates (subject to hydrolysis) is 1. The van der Waals surface area contributed by atoms with Gasteiger partial charge in [-0.3, -0.25) is 0 Å². The van der Waals surface area contributed by atoms with Gasteiger partial charge in [0, 0.05) is 32.1 Å². The molecule has 1 atom stereocenters. The van der Waals surface area contributed by atoms with Crippen molar-refractivity contribution in [1.29, 1.82) is 5.26 Å². The molecule has 5 rings (SSSR count). The molecule has 0 aliphatic rings. The lowest BCUT2D eigenvalue weighted by Crippen LogP contribution is -2.37. The molecule has 2 aromatic heterocycles. The summed E-state index contributed by atoms with van der Waals surface area (Å²) in [5, 5.41) is 15.1. The molecule has 59 heavy (non-hydrogen) atoms. The summed E-state index contributed by atoms with van der Waals surface area (Å²) >= 11 is 0. The van der Waals surface area contributed by atoms with Crippen LogP contribution in [-0.2, 0) is 27.9 Å². The van der Waals surface area contributed by atoms with Crippen molar-refractivity contribution >= 4 is 17.7 Å².